The molecule has 0 saturated carbocycles. The summed E-state index contributed by atoms with van der Waals surface area (Å²) in [6.45, 7) is 11.4. The van der Waals surface area contributed by atoms with E-state index < -0.39 is 5.82 Å². The average molecular weight is 552 g/mol. The van der Waals surface area contributed by atoms with Gasteiger partial charge in [-0.1, -0.05) is 36.4 Å². The number of carbonyl (C=O) groups is 1. The van der Waals surface area contributed by atoms with Crippen LogP contribution in [0.5, 0.6) is 5.75 Å². The van der Waals surface area contributed by atoms with Crippen LogP contribution in [0.15, 0.2) is 47.8 Å². The van der Waals surface area contributed by atoms with Gasteiger partial charge in [0.15, 0.2) is 5.75 Å². The van der Waals surface area contributed by atoms with Gasteiger partial charge in [0.2, 0.25) is 5.91 Å². The largest absolute Gasteiger partial charge is 0.488 e. The minimum absolute atomic E-state index is 0.126. The first-order chi connectivity index (χ1) is 18.8. The number of carbonyl (C=O) groups excluding carboxylic acids is 1. The van der Waals surface area contributed by atoms with Crippen molar-refractivity contribution in [3.05, 3.63) is 64.3 Å². The van der Waals surface area contributed by atoms with Gasteiger partial charge < -0.3 is 19.4 Å². The summed E-state index contributed by atoms with van der Waals surface area (Å²) in [6.07, 6.45) is 2.46. The number of benzene rings is 2. The van der Waals surface area contributed by atoms with Gasteiger partial charge in [0.1, 0.15) is 18.2 Å². The van der Waals surface area contributed by atoms with Gasteiger partial charge in [0, 0.05) is 48.2 Å². The Hall–Kier alpha value is -3.43. The molecule has 3 aliphatic rings. The Kier molecular flexibility index (Phi) is 6.59. The molecule has 0 N–H and O–H groups in total. The molecule has 1 unspecified atom stereocenters. The van der Waals surface area contributed by atoms with Crippen LogP contribution in [0.3, 0.4) is 0 Å². The van der Waals surface area contributed by atoms with E-state index in [1.165, 1.54) is 12.1 Å². The summed E-state index contributed by atoms with van der Waals surface area (Å²) < 4.78 is 23.1. The number of piperazine rings is 1. The number of likely N-dealkylation sites (tertiary alicyclic amines) is 1. The Bertz CT molecular complexity index is 1530. The molecule has 3 aliphatic heterocycles. The minimum Gasteiger partial charge on any atom is -0.488 e. The van der Waals surface area contributed by atoms with Crippen LogP contribution in [0.1, 0.15) is 26.3 Å². The van der Waals surface area contributed by atoms with Crippen molar-refractivity contribution in [1.82, 2.24) is 19.4 Å². The number of nitrogens with zero attached hydrogens (tertiary/aromatic N) is 5. The maximum Gasteiger partial charge on any atom is 0.350 e. The number of hydrogen-bond donors (Lipinski definition) is 0. The number of anilines is 1. The van der Waals surface area contributed by atoms with Crippen LogP contribution in [0.4, 0.5) is 10.2 Å². The van der Waals surface area contributed by atoms with Crippen molar-refractivity contribution in [3.63, 3.8) is 0 Å². The van der Waals surface area contributed by atoms with E-state index in [0.717, 1.165) is 19.5 Å². The van der Waals surface area contributed by atoms with E-state index in [0.29, 0.717) is 58.3 Å². The van der Waals surface area contributed by atoms with Gasteiger partial charge in [-0.2, -0.15) is 4.98 Å². The topological polar surface area (TPSA) is 70.9 Å². The van der Waals surface area contributed by atoms with Crippen molar-refractivity contribution in [2.45, 2.75) is 38.4 Å². The second kappa shape index (κ2) is 9.95. The molecule has 0 radical (unpaired) electrons. The summed E-state index contributed by atoms with van der Waals surface area (Å²) in [4.78, 5) is 37.0. The summed E-state index contributed by atoms with van der Waals surface area (Å²) in [6, 6.07) is 7.70. The molecule has 10 heteroatoms. The Morgan fingerprint density at radius 3 is 2.59 bits per heavy atom. The van der Waals surface area contributed by atoms with E-state index in [1.54, 1.807) is 33.7 Å². The van der Waals surface area contributed by atoms with Crippen molar-refractivity contribution in [1.29, 1.82) is 0 Å². The molecule has 2 fully saturated rings. The Morgan fingerprint density at radius 2 is 1.95 bits per heavy atom. The molecule has 6 rings (SSSR count). The molecular weight excluding hydrogens is 521 g/mol. The van der Waals surface area contributed by atoms with Gasteiger partial charge >= 0.3 is 5.69 Å². The van der Waals surface area contributed by atoms with E-state index in [2.05, 4.69) is 16.5 Å². The zero-order chi connectivity index (χ0) is 27.4. The molecule has 2 saturated heterocycles. The van der Waals surface area contributed by atoms with Crippen LogP contribution in [0, 0.1) is 5.82 Å². The lowest BCUT2D eigenvalue weighted by atomic mass is 9.99. The molecule has 0 bridgehead atoms. The highest BCUT2D eigenvalue weighted by Gasteiger charge is 2.36. The lowest BCUT2D eigenvalue weighted by Crippen LogP contribution is -2.58. The number of hydrogen-bond acceptors (Lipinski definition) is 6. The SMILES string of the molecule is C=CC(=O)N1[C@H](C)CN(c2nc(=O)n3c4c(c(-c5ccccc5F)c(Cl)cc24)OCC3CN2CCC2)C[C@@H]1C. The molecule has 2 aromatic carbocycles. The van der Waals surface area contributed by atoms with Crippen LogP contribution in [-0.4, -0.2) is 76.7 Å². The van der Waals surface area contributed by atoms with Crippen molar-refractivity contribution in [3.8, 4) is 16.9 Å². The predicted molar refractivity (Wildman–Crippen MR) is 150 cm³/mol. The zero-order valence-corrected chi connectivity index (χ0v) is 22.8. The normalized spacial score (nSPS) is 22.9. The second-order valence-corrected chi connectivity index (χ2v) is 11.1. The molecule has 39 heavy (non-hydrogen) atoms. The summed E-state index contributed by atoms with van der Waals surface area (Å²) >= 11 is 6.86. The molecule has 8 nitrogen and oxygen atoms in total. The van der Waals surface area contributed by atoms with Gasteiger partial charge in [-0.25, -0.2) is 9.18 Å². The number of halogens is 2. The van der Waals surface area contributed by atoms with Crippen molar-refractivity contribution >= 4 is 34.2 Å². The predicted octanol–water partition coefficient (Wildman–Crippen LogP) is 4.11. The number of rotatable bonds is 5. The molecule has 3 atom stereocenters. The number of amides is 1. The van der Waals surface area contributed by atoms with Crippen molar-refractivity contribution in [2.24, 2.45) is 0 Å². The Labute approximate surface area is 231 Å². The quantitative estimate of drug-likeness (QED) is 0.445. The van der Waals surface area contributed by atoms with E-state index in [-0.39, 0.29) is 36.3 Å². The summed E-state index contributed by atoms with van der Waals surface area (Å²) in [5, 5.41) is 0.990. The van der Waals surface area contributed by atoms with E-state index >= 15 is 4.39 Å². The minimum atomic E-state index is -0.421. The van der Waals surface area contributed by atoms with Crippen LogP contribution in [0.25, 0.3) is 22.0 Å². The lowest BCUT2D eigenvalue weighted by Gasteiger charge is -2.45. The van der Waals surface area contributed by atoms with E-state index in [1.807, 2.05) is 18.7 Å². The lowest BCUT2D eigenvalue weighted by molar-refractivity contribution is -0.130. The average Bonchev–Trinajstić information content (AvgIpc) is 2.88. The summed E-state index contributed by atoms with van der Waals surface area (Å²) in [7, 11) is 0. The first-order valence-electron chi connectivity index (χ1n) is 13.4. The molecule has 1 amide bonds. The third kappa shape index (κ3) is 4.28. The van der Waals surface area contributed by atoms with E-state index in [9.17, 15) is 9.59 Å². The summed E-state index contributed by atoms with van der Waals surface area (Å²) in [5.41, 5.74) is 0.948. The molecule has 0 aliphatic carbocycles. The first-order valence-corrected chi connectivity index (χ1v) is 13.7. The number of ether oxygens (including phenoxy) is 1. The third-order valence-electron chi connectivity index (χ3n) is 8.09. The van der Waals surface area contributed by atoms with E-state index in [4.69, 9.17) is 16.3 Å². The Morgan fingerprint density at radius 1 is 1.23 bits per heavy atom. The van der Waals surface area contributed by atoms with Gasteiger partial charge in [0.25, 0.3) is 0 Å². The van der Waals surface area contributed by atoms with Crippen molar-refractivity contribution in [2.75, 3.05) is 44.2 Å². The Balaban J connectivity index is 1.55. The van der Waals surface area contributed by atoms with Crippen LogP contribution in [-0.2, 0) is 4.79 Å². The van der Waals surface area contributed by atoms with Crippen molar-refractivity contribution < 1.29 is 13.9 Å². The molecule has 1 aromatic heterocycles. The summed E-state index contributed by atoms with van der Waals surface area (Å²) in [5.74, 6) is 0.339. The van der Waals surface area contributed by atoms with Gasteiger partial charge in [-0.3, -0.25) is 9.36 Å². The fraction of sp³-hybridized carbons (Fsp3) is 0.414. The molecular formula is C29H31ClFN5O3. The smallest absolute Gasteiger partial charge is 0.350 e. The number of aromatic nitrogens is 2. The molecule has 204 valence electrons. The first kappa shape index (κ1) is 25.8. The fourth-order valence-electron chi connectivity index (χ4n) is 6.25. The standard InChI is InChI=1S/C29H31ClFN5O3/c1-4-24(37)35-17(2)13-34(14-18(35)3)28-21-12-22(30)25(20-8-5-6-9-23(20)31)27-26(21)36(29(38)32-28)19(16-39-27)15-33-10-7-11-33/h4-6,8-9,12,17-19H,1,7,10-11,13-16H2,2-3H3/t17-,18+,19?. The molecule has 4 heterocycles. The zero-order valence-electron chi connectivity index (χ0n) is 22.1. The van der Waals surface area contributed by atoms with Crippen LogP contribution < -0.4 is 15.3 Å². The van der Waals surface area contributed by atoms with Crippen LogP contribution >= 0.6 is 11.6 Å². The fourth-order valence-corrected chi connectivity index (χ4v) is 6.54. The maximum absolute atomic E-state index is 15.0. The molecule has 3 aromatic rings. The highest BCUT2D eigenvalue weighted by molar-refractivity contribution is 6.35. The van der Waals surface area contributed by atoms with Gasteiger partial charge in [-0.15, -0.1) is 0 Å². The molecule has 0 spiro atoms. The third-order valence-corrected chi connectivity index (χ3v) is 8.39. The van der Waals surface area contributed by atoms with Gasteiger partial charge in [0.05, 0.1) is 16.6 Å². The highest BCUT2D eigenvalue weighted by Crippen LogP contribution is 2.47. The van der Waals surface area contributed by atoms with Crippen LogP contribution in [0.2, 0.25) is 5.02 Å². The highest BCUT2D eigenvalue weighted by atomic mass is 35.5. The van der Waals surface area contributed by atoms with Gasteiger partial charge in [-0.05, 0) is 51.6 Å². The second-order valence-electron chi connectivity index (χ2n) is 10.7. The monoisotopic (exact) mass is 551 g/mol. The maximum atomic E-state index is 15.0.